The first-order valence-corrected chi connectivity index (χ1v) is 6.32. The normalized spacial score (nSPS) is 18.1. The van der Waals surface area contributed by atoms with Crippen molar-refractivity contribution in [1.29, 1.82) is 0 Å². The first-order chi connectivity index (χ1) is 8.27. The summed E-state index contributed by atoms with van der Waals surface area (Å²) in [5.41, 5.74) is 0. The van der Waals surface area contributed by atoms with Crippen LogP contribution in [0.25, 0.3) is 0 Å². The standard InChI is InChI=1S/C13H20N2O2/c1-11(12-6-5-9-17-12)14-10-13(16)15-7-3-2-4-8-15/h5-6,9,11,14H,2-4,7-8,10H2,1H3/t11-/m1/s1. The summed E-state index contributed by atoms with van der Waals surface area (Å²) in [6.07, 6.45) is 5.18. The molecule has 0 radical (unpaired) electrons. The van der Waals surface area contributed by atoms with Gasteiger partial charge in [0, 0.05) is 13.1 Å². The third-order valence-corrected chi connectivity index (χ3v) is 3.24. The average Bonchev–Trinajstić information content (AvgIpc) is 2.90. The van der Waals surface area contributed by atoms with E-state index in [0.29, 0.717) is 6.54 Å². The van der Waals surface area contributed by atoms with E-state index in [0.717, 1.165) is 31.7 Å². The van der Waals surface area contributed by atoms with Gasteiger partial charge in [-0.15, -0.1) is 0 Å². The molecule has 1 aromatic rings. The van der Waals surface area contributed by atoms with E-state index in [1.54, 1.807) is 6.26 Å². The van der Waals surface area contributed by atoms with Gasteiger partial charge in [0.05, 0.1) is 18.8 Å². The van der Waals surface area contributed by atoms with Crippen LogP contribution in [0.15, 0.2) is 22.8 Å². The van der Waals surface area contributed by atoms with Crippen LogP contribution < -0.4 is 5.32 Å². The predicted molar refractivity (Wildman–Crippen MR) is 65.6 cm³/mol. The maximum atomic E-state index is 11.9. The Kier molecular flexibility index (Phi) is 4.20. The third kappa shape index (κ3) is 3.33. The number of nitrogens with zero attached hydrogens (tertiary/aromatic N) is 1. The minimum atomic E-state index is 0.0822. The molecule has 1 atom stereocenters. The van der Waals surface area contributed by atoms with Gasteiger partial charge in [-0.25, -0.2) is 0 Å². The molecule has 1 aliphatic rings. The second-order valence-electron chi connectivity index (χ2n) is 4.56. The molecule has 1 fully saturated rings. The minimum Gasteiger partial charge on any atom is -0.468 e. The number of rotatable bonds is 4. The highest BCUT2D eigenvalue weighted by atomic mass is 16.3. The number of carbonyl (C=O) groups is 1. The van der Waals surface area contributed by atoms with E-state index < -0.39 is 0 Å². The Morgan fingerprint density at radius 3 is 2.88 bits per heavy atom. The summed E-state index contributed by atoms with van der Waals surface area (Å²) in [7, 11) is 0. The molecule has 2 heterocycles. The number of furan rings is 1. The Bertz CT molecular complexity index is 342. The maximum Gasteiger partial charge on any atom is 0.236 e. The molecule has 0 unspecified atom stereocenters. The molecule has 4 heteroatoms. The van der Waals surface area contributed by atoms with Crippen LogP contribution in [0.3, 0.4) is 0 Å². The molecule has 0 spiro atoms. The van der Waals surface area contributed by atoms with Crippen LogP contribution >= 0.6 is 0 Å². The van der Waals surface area contributed by atoms with Gasteiger partial charge in [0.15, 0.2) is 0 Å². The Hall–Kier alpha value is -1.29. The first kappa shape index (κ1) is 12.2. The highest BCUT2D eigenvalue weighted by molar-refractivity contribution is 5.78. The molecule has 0 aromatic carbocycles. The van der Waals surface area contributed by atoms with Crippen LogP contribution in [0, 0.1) is 0 Å². The van der Waals surface area contributed by atoms with E-state index in [1.807, 2.05) is 24.0 Å². The number of nitrogens with one attached hydrogen (secondary N) is 1. The lowest BCUT2D eigenvalue weighted by atomic mass is 10.1. The molecule has 1 amide bonds. The van der Waals surface area contributed by atoms with Crippen molar-refractivity contribution < 1.29 is 9.21 Å². The number of hydrogen-bond donors (Lipinski definition) is 1. The Morgan fingerprint density at radius 1 is 1.47 bits per heavy atom. The van der Waals surface area contributed by atoms with Gasteiger partial charge >= 0.3 is 0 Å². The SMILES string of the molecule is C[C@@H](NCC(=O)N1CCCCC1)c1ccco1. The lowest BCUT2D eigenvalue weighted by Crippen LogP contribution is -2.41. The van der Waals surface area contributed by atoms with E-state index in [4.69, 9.17) is 4.42 Å². The third-order valence-electron chi connectivity index (χ3n) is 3.24. The van der Waals surface area contributed by atoms with Crippen LogP contribution in [0.4, 0.5) is 0 Å². The van der Waals surface area contributed by atoms with Gasteiger partial charge in [-0.2, -0.15) is 0 Å². The summed E-state index contributed by atoms with van der Waals surface area (Å²) in [5.74, 6) is 1.07. The number of carbonyl (C=O) groups excluding carboxylic acids is 1. The van der Waals surface area contributed by atoms with Gasteiger partial charge in [-0.05, 0) is 38.3 Å². The highest BCUT2D eigenvalue weighted by Crippen LogP contribution is 2.12. The van der Waals surface area contributed by atoms with E-state index in [1.165, 1.54) is 6.42 Å². The van der Waals surface area contributed by atoms with Crippen molar-refractivity contribution in [3.63, 3.8) is 0 Å². The summed E-state index contributed by atoms with van der Waals surface area (Å²) >= 11 is 0. The van der Waals surface area contributed by atoms with Crippen LogP contribution in [0.2, 0.25) is 0 Å². The molecule has 0 bridgehead atoms. The summed E-state index contributed by atoms with van der Waals surface area (Å²) in [6, 6.07) is 3.86. The lowest BCUT2D eigenvalue weighted by molar-refractivity contribution is -0.131. The average molecular weight is 236 g/mol. The first-order valence-electron chi connectivity index (χ1n) is 6.32. The fourth-order valence-corrected chi connectivity index (χ4v) is 2.13. The largest absolute Gasteiger partial charge is 0.468 e. The molecule has 4 nitrogen and oxygen atoms in total. The van der Waals surface area contributed by atoms with Gasteiger partial charge in [0.25, 0.3) is 0 Å². The topological polar surface area (TPSA) is 45.5 Å². The molecule has 0 aliphatic carbocycles. The number of piperidine rings is 1. The summed E-state index contributed by atoms with van der Waals surface area (Å²) in [4.78, 5) is 13.9. The Balaban J connectivity index is 1.75. The summed E-state index contributed by atoms with van der Waals surface area (Å²) < 4.78 is 5.29. The molecular weight excluding hydrogens is 216 g/mol. The predicted octanol–water partition coefficient (Wildman–Crippen LogP) is 1.94. The molecule has 17 heavy (non-hydrogen) atoms. The Labute approximate surface area is 102 Å². The van der Waals surface area contributed by atoms with Crippen molar-refractivity contribution in [3.8, 4) is 0 Å². The number of hydrogen-bond acceptors (Lipinski definition) is 3. The van der Waals surface area contributed by atoms with Gasteiger partial charge < -0.3 is 9.32 Å². The molecule has 2 rings (SSSR count). The van der Waals surface area contributed by atoms with Gasteiger partial charge in [-0.3, -0.25) is 10.1 Å². The van der Waals surface area contributed by atoms with Crippen LogP contribution in [0.1, 0.15) is 38.0 Å². The zero-order valence-corrected chi connectivity index (χ0v) is 10.3. The second-order valence-corrected chi connectivity index (χ2v) is 4.56. The number of amides is 1. The highest BCUT2D eigenvalue weighted by Gasteiger charge is 2.17. The molecule has 1 N–H and O–H groups in total. The van der Waals surface area contributed by atoms with Crippen LogP contribution in [-0.4, -0.2) is 30.4 Å². The lowest BCUT2D eigenvalue weighted by Gasteiger charge is -2.27. The molecule has 94 valence electrons. The van der Waals surface area contributed by atoms with E-state index in [-0.39, 0.29) is 11.9 Å². The molecule has 1 aliphatic heterocycles. The smallest absolute Gasteiger partial charge is 0.236 e. The van der Waals surface area contributed by atoms with Crippen molar-refractivity contribution in [2.45, 2.75) is 32.2 Å². The van der Waals surface area contributed by atoms with Gasteiger partial charge in [-0.1, -0.05) is 0 Å². The van der Waals surface area contributed by atoms with E-state index >= 15 is 0 Å². The monoisotopic (exact) mass is 236 g/mol. The van der Waals surface area contributed by atoms with Crippen molar-refractivity contribution in [2.75, 3.05) is 19.6 Å². The second kappa shape index (κ2) is 5.87. The van der Waals surface area contributed by atoms with E-state index in [9.17, 15) is 4.79 Å². The molecular formula is C13H20N2O2. The number of likely N-dealkylation sites (tertiary alicyclic amines) is 1. The fourth-order valence-electron chi connectivity index (χ4n) is 2.13. The zero-order chi connectivity index (χ0) is 12.1. The summed E-state index contributed by atoms with van der Waals surface area (Å²) in [5, 5.41) is 3.20. The molecule has 1 saturated heterocycles. The fraction of sp³-hybridized carbons (Fsp3) is 0.615. The van der Waals surface area contributed by atoms with Gasteiger partial charge in [0.1, 0.15) is 5.76 Å². The van der Waals surface area contributed by atoms with Gasteiger partial charge in [0.2, 0.25) is 5.91 Å². The minimum absolute atomic E-state index is 0.0822. The summed E-state index contributed by atoms with van der Waals surface area (Å²) in [6.45, 7) is 4.22. The quantitative estimate of drug-likeness (QED) is 0.869. The van der Waals surface area contributed by atoms with E-state index in [2.05, 4.69) is 5.32 Å². The zero-order valence-electron chi connectivity index (χ0n) is 10.3. The van der Waals surface area contributed by atoms with Crippen molar-refractivity contribution in [3.05, 3.63) is 24.2 Å². The van der Waals surface area contributed by atoms with Crippen LogP contribution in [0.5, 0.6) is 0 Å². The molecule has 1 aromatic heterocycles. The van der Waals surface area contributed by atoms with Crippen molar-refractivity contribution in [2.24, 2.45) is 0 Å². The maximum absolute atomic E-state index is 11.9. The molecule has 0 saturated carbocycles. The van der Waals surface area contributed by atoms with Crippen molar-refractivity contribution in [1.82, 2.24) is 10.2 Å². The Morgan fingerprint density at radius 2 is 2.24 bits per heavy atom. The van der Waals surface area contributed by atoms with Crippen molar-refractivity contribution >= 4 is 5.91 Å². The van der Waals surface area contributed by atoms with Crippen LogP contribution in [-0.2, 0) is 4.79 Å².